The molecule has 0 saturated carbocycles. The van der Waals surface area contributed by atoms with Gasteiger partial charge in [0, 0.05) is 38.4 Å². The molecule has 0 unspecified atom stereocenters. The molecule has 4 nitrogen and oxygen atoms in total. The Kier molecular flexibility index (Phi) is 6.30. The standard InChI is InChI=1S/C46H30N4/c47-44(31-16-3-1-4-17-31)36-23-11-13-25-38(36)48-29-49-40-28-27-30-15-7-8-20-33(30)42(40)43-35-22-10-9-21-34(35)41-37-24-12-14-26-39(37)50(46(41)45(43)49)32-18-5-2-6-19-32/h1-29,47H. The van der Waals surface area contributed by atoms with Crippen molar-refractivity contribution < 1.29 is 0 Å². The molecule has 0 amide bonds. The zero-order chi connectivity index (χ0) is 33.2. The Morgan fingerprint density at radius 2 is 1.10 bits per heavy atom. The van der Waals surface area contributed by atoms with Crippen LogP contribution in [-0.2, 0) is 0 Å². The number of benzene rings is 8. The summed E-state index contributed by atoms with van der Waals surface area (Å²) in [6, 6.07) is 59.2. The van der Waals surface area contributed by atoms with Crippen LogP contribution in [0.1, 0.15) is 11.1 Å². The van der Waals surface area contributed by atoms with Gasteiger partial charge < -0.3 is 4.57 Å². The quantitative estimate of drug-likeness (QED) is 0.144. The fraction of sp³-hybridized carbons (Fsp3) is 0. The highest BCUT2D eigenvalue weighted by Gasteiger charge is 2.24. The second kappa shape index (κ2) is 11.1. The van der Waals surface area contributed by atoms with Crippen LogP contribution in [0.15, 0.2) is 175 Å². The second-order valence-corrected chi connectivity index (χ2v) is 12.7. The summed E-state index contributed by atoms with van der Waals surface area (Å²) in [5.41, 5.74) is 8.44. The van der Waals surface area contributed by atoms with Gasteiger partial charge in [0.05, 0.1) is 33.5 Å². The van der Waals surface area contributed by atoms with Crippen molar-refractivity contribution in [1.82, 2.24) is 9.13 Å². The molecule has 2 aromatic heterocycles. The van der Waals surface area contributed by atoms with Gasteiger partial charge in [0.25, 0.3) is 0 Å². The van der Waals surface area contributed by atoms with Crippen LogP contribution in [0.25, 0.3) is 70.8 Å². The van der Waals surface area contributed by atoms with E-state index in [-0.39, 0.29) is 0 Å². The van der Waals surface area contributed by atoms with Gasteiger partial charge in [0.15, 0.2) is 0 Å². The van der Waals surface area contributed by atoms with Gasteiger partial charge >= 0.3 is 0 Å². The fourth-order valence-corrected chi connectivity index (χ4v) is 7.88. The molecule has 0 fully saturated rings. The molecule has 0 aliphatic carbocycles. The summed E-state index contributed by atoms with van der Waals surface area (Å²) in [6.45, 7) is 0. The number of para-hydroxylation sites is 3. The molecule has 0 radical (unpaired) electrons. The summed E-state index contributed by atoms with van der Waals surface area (Å²) < 4.78 is 4.71. The van der Waals surface area contributed by atoms with E-state index >= 15 is 0 Å². The van der Waals surface area contributed by atoms with Gasteiger partial charge in [-0.25, -0.2) is 4.99 Å². The lowest BCUT2D eigenvalue weighted by Gasteiger charge is -2.12. The molecule has 0 atom stereocenters. The molecule has 10 rings (SSSR count). The molecule has 0 bridgehead atoms. The Morgan fingerprint density at radius 1 is 0.480 bits per heavy atom. The van der Waals surface area contributed by atoms with E-state index in [9.17, 15) is 0 Å². The van der Waals surface area contributed by atoms with Gasteiger partial charge in [-0.2, -0.15) is 0 Å². The van der Waals surface area contributed by atoms with E-state index in [0.717, 1.165) is 44.6 Å². The Bertz CT molecular complexity index is 2980. The SMILES string of the molecule is N=C(c1ccccc1)c1ccccc1N=Cn1c2ccc3ccccc3c2c2c3ccccc3c3c4ccccc4n(-c4ccccc4)c3c21. The first-order chi connectivity index (χ1) is 24.8. The van der Waals surface area contributed by atoms with Crippen LogP contribution in [0, 0.1) is 5.41 Å². The van der Waals surface area contributed by atoms with E-state index in [1.807, 2.05) is 60.9 Å². The van der Waals surface area contributed by atoms with Crippen LogP contribution in [0.4, 0.5) is 5.69 Å². The summed E-state index contributed by atoms with van der Waals surface area (Å²) in [6.07, 6.45) is 1.97. The number of rotatable bonds is 5. The van der Waals surface area contributed by atoms with E-state index < -0.39 is 0 Å². The highest BCUT2D eigenvalue weighted by Crippen LogP contribution is 2.46. The largest absolute Gasteiger partial charge is 0.307 e. The van der Waals surface area contributed by atoms with Crippen LogP contribution in [0.3, 0.4) is 0 Å². The number of aliphatic imine (C=N–C) groups is 1. The Labute approximate surface area is 288 Å². The molecule has 0 aliphatic heterocycles. The van der Waals surface area contributed by atoms with Crippen LogP contribution in [-0.4, -0.2) is 21.2 Å². The van der Waals surface area contributed by atoms with Gasteiger partial charge in [0.2, 0.25) is 0 Å². The van der Waals surface area contributed by atoms with Crippen LogP contribution >= 0.6 is 0 Å². The van der Waals surface area contributed by atoms with Gasteiger partial charge in [-0.3, -0.25) is 9.98 Å². The van der Waals surface area contributed by atoms with E-state index in [1.54, 1.807) is 0 Å². The normalized spacial score (nSPS) is 12.0. The minimum Gasteiger partial charge on any atom is -0.307 e. The summed E-state index contributed by atoms with van der Waals surface area (Å²) in [5.74, 6) is 0. The maximum atomic E-state index is 9.12. The molecule has 234 valence electrons. The molecular formula is C46H30N4. The fourth-order valence-electron chi connectivity index (χ4n) is 7.88. The van der Waals surface area contributed by atoms with E-state index in [2.05, 4.69) is 124 Å². The number of nitrogens with zero attached hydrogens (tertiary/aromatic N) is 3. The maximum absolute atomic E-state index is 9.12. The maximum Gasteiger partial charge on any atom is 0.100 e. The van der Waals surface area contributed by atoms with E-state index in [1.165, 1.54) is 43.1 Å². The smallest absolute Gasteiger partial charge is 0.100 e. The van der Waals surface area contributed by atoms with Gasteiger partial charge in [-0.1, -0.05) is 140 Å². The summed E-state index contributed by atoms with van der Waals surface area (Å²) in [5, 5.41) is 18.8. The van der Waals surface area contributed by atoms with Gasteiger partial charge in [-0.05, 0) is 51.9 Å². The Balaban J connectivity index is 1.40. The van der Waals surface area contributed by atoms with Crippen molar-refractivity contribution in [2.75, 3.05) is 0 Å². The van der Waals surface area contributed by atoms with Gasteiger partial charge in [-0.15, -0.1) is 0 Å². The average molecular weight is 639 g/mol. The van der Waals surface area contributed by atoms with E-state index in [4.69, 9.17) is 10.4 Å². The first-order valence-electron chi connectivity index (χ1n) is 16.9. The third-order valence-electron chi connectivity index (χ3n) is 10.0. The highest BCUT2D eigenvalue weighted by molar-refractivity contribution is 6.39. The zero-order valence-electron chi connectivity index (χ0n) is 27.1. The van der Waals surface area contributed by atoms with Crippen molar-refractivity contribution in [3.8, 4) is 5.69 Å². The zero-order valence-corrected chi connectivity index (χ0v) is 27.1. The van der Waals surface area contributed by atoms with Crippen molar-refractivity contribution in [3.05, 3.63) is 181 Å². The lowest BCUT2D eigenvalue weighted by Crippen LogP contribution is -2.02. The van der Waals surface area contributed by atoms with Crippen molar-refractivity contribution in [2.24, 2.45) is 4.99 Å². The molecular weight excluding hydrogens is 609 g/mol. The van der Waals surface area contributed by atoms with Crippen molar-refractivity contribution in [3.63, 3.8) is 0 Å². The lowest BCUT2D eigenvalue weighted by atomic mass is 9.96. The van der Waals surface area contributed by atoms with Crippen molar-refractivity contribution >= 4 is 82.9 Å². The third-order valence-corrected chi connectivity index (χ3v) is 10.0. The Hall–Kier alpha value is -6.78. The molecule has 1 N–H and O–H groups in total. The lowest BCUT2D eigenvalue weighted by molar-refractivity contribution is 1.18. The first kappa shape index (κ1) is 28.3. The molecule has 2 heterocycles. The summed E-state index contributed by atoms with van der Waals surface area (Å²) >= 11 is 0. The van der Waals surface area contributed by atoms with Gasteiger partial charge in [0.1, 0.15) is 6.34 Å². The number of nitrogens with one attached hydrogen (secondary N) is 1. The number of fused-ring (bicyclic) bond motifs is 12. The highest BCUT2D eigenvalue weighted by atomic mass is 15.1. The molecule has 10 aromatic rings. The molecule has 0 saturated heterocycles. The summed E-state index contributed by atoms with van der Waals surface area (Å²) in [4.78, 5) is 5.21. The molecule has 50 heavy (non-hydrogen) atoms. The Morgan fingerprint density at radius 3 is 1.90 bits per heavy atom. The minimum absolute atomic E-state index is 0.448. The summed E-state index contributed by atoms with van der Waals surface area (Å²) in [7, 11) is 0. The average Bonchev–Trinajstić information content (AvgIpc) is 3.71. The van der Waals surface area contributed by atoms with Crippen LogP contribution in [0.2, 0.25) is 0 Å². The van der Waals surface area contributed by atoms with Crippen molar-refractivity contribution in [1.29, 1.82) is 5.41 Å². The number of hydrogen-bond acceptors (Lipinski definition) is 2. The number of hydrogen-bond donors (Lipinski definition) is 1. The third kappa shape index (κ3) is 4.12. The minimum atomic E-state index is 0.448. The molecule has 0 aliphatic rings. The monoisotopic (exact) mass is 638 g/mol. The van der Waals surface area contributed by atoms with Crippen molar-refractivity contribution in [2.45, 2.75) is 0 Å². The molecule has 4 heteroatoms. The van der Waals surface area contributed by atoms with Crippen LogP contribution < -0.4 is 0 Å². The number of aromatic nitrogens is 2. The topological polar surface area (TPSA) is 46.1 Å². The molecule has 0 spiro atoms. The first-order valence-corrected chi connectivity index (χ1v) is 16.9. The predicted octanol–water partition coefficient (Wildman–Crippen LogP) is 11.8. The predicted molar refractivity (Wildman–Crippen MR) is 211 cm³/mol. The second-order valence-electron chi connectivity index (χ2n) is 12.7. The van der Waals surface area contributed by atoms with Crippen LogP contribution in [0.5, 0.6) is 0 Å². The van der Waals surface area contributed by atoms with E-state index in [0.29, 0.717) is 5.71 Å². The molecule has 8 aromatic carbocycles.